The monoisotopic (exact) mass is 268 g/mol. The minimum absolute atomic E-state index is 0.607. The van der Waals surface area contributed by atoms with Crippen LogP contribution in [0.4, 0.5) is 0 Å². The summed E-state index contributed by atoms with van der Waals surface area (Å²) in [6.45, 7) is 1.50. The van der Waals surface area contributed by atoms with Crippen molar-refractivity contribution in [3.05, 3.63) is 59.7 Å². The number of nitrogens with zero attached hydrogens (tertiary/aromatic N) is 1. The van der Waals surface area contributed by atoms with E-state index in [-0.39, 0.29) is 0 Å². The van der Waals surface area contributed by atoms with Gasteiger partial charge in [0.25, 0.3) is 0 Å². The summed E-state index contributed by atoms with van der Waals surface area (Å²) >= 11 is 0. The molecule has 1 aromatic heterocycles. The average Bonchev–Trinajstić information content (AvgIpc) is 2.95. The van der Waals surface area contributed by atoms with Gasteiger partial charge in [0.05, 0.1) is 25.2 Å². The van der Waals surface area contributed by atoms with Gasteiger partial charge < -0.3 is 9.72 Å². The van der Waals surface area contributed by atoms with Crippen molar-refractivity contribution in [2.45, 2.75) is 19.3 Å². The highest BCUT2D eigenvalue weighted by Gasteiger charge is 2.20. The Hall–Kier alpha value is -1.87. The molecule has 3 nitrogen and oxygen atoms in total. The predicted octanol–water partition coefficient (Wildman–Crippen LogP) is 3.24. The molecule has 1 N–H and O–H groups in total. The van der Waals surface area contributed by atoms with Gasteiger partial charge in [0.2, 0.25) is 0 Å². The van der Waals surface area contributed by atoms with Crippen molar-refractivity contribution in [3.8, 4) is 0 Å². The largest absolute Gasteiger partial charge is 0.377 e. The summed E-state index contributed by atoms with van der Waals surface area (Å²) in [6, 6.07) is 10.3. The van der Waals surface area contributed by atoms with E-state index in [0.717, 1.165) is 19.4 Å². The number of H-pyrrole nitrogens is 1. The molecule has 0 radical (unpaired) electrons. The fraction of sp³-hybridized carbons (Fsp3) is 0.353. The van der Waals surface area contributed by atoms with Gasteiger partial charge in [-0.3, -0.25) is 0 Å². The number of aromatic amines is 1. The van der Waals surface area contributed by atoms with Crippen LogP contribution in [-0.4, -0.2) is 23.2 Å². The van der Waals surface area contributed by atoms with Crippen LogP contribution in [0.5, 0.6) is 0 Å². The zero-order chi connectivity index (χ0) is 13.6. The third-order valence-corrected chi connectivity index (χ3v) is 3.77. The standard InChI is InChI=1S/C17H20N2O/c1-2-5-14(6-3-1)7-4-10-20-12-15-8-9-16-17(11-15)19-13-18-16/h1-7,13,15H,8-12H2,(H,18,19)/b7-4+. The number of hydrogen-bond acceptors (Lipinski definition) is 2. The molecule has 0 spiro atoms. The van der Waals surface area contributed by atoms with E-state index in [1.807, 2.05) is 18.2 Å². The molecule has 0 bridgehead atoms. The number of fused-ring (bicyclic) bond motifs is 1. The molecule has 1 aromatic carbocycles. The summed E-state index contributed by atoms with van der Waals surface area (Å²) in [7, 11) is 0. The molecule has 1 unspecified atom stereocenters. The van der Waals surface area contributed by atoms with Crippen LogP contribution in [0.2, 0.25) is 0 Å². The van der Waals surface area contributed by atoms with Crippen LogP contribution in [0.3, 0.4) is 0 Å². The SMILES string of the molecule is C(=C\c1ccccc1)/COCC1CCc2[nH]cnc2C1. The lowest BCUT2D eigenvalue weighted by Gasteiger charge is -2.20. The molecule has 0 saturated carbocycles. The highest BCUT2D eigenvalue weighted by molar-refractivity contribution is 5.48. The first kappa shape index (κ1) is 13.1. The quantitative estimate of drug-likeness (QED) is 0.845. The Labute approximate surface area is 119 Å². The molecule has 1 aliphatic rings. The molecule has 0 aliphatic heterocycles. The Morgan fingerprint density at radius 3 is 3.10 bits per heavy atom. The first-order valence-electron chi connectivity index (χ1n) is 7.22. The van der Waals surface area contributed by atoms with Gasteiger partial charge >= 0.3 is 0 Å². The zero-order valence-electron chi connectivity index (χ0n) is 11.6. The molecular weight excluding hydrogens is 248 g/mol. The number of ether oxygens (including phenoxy) is 1. The van der Waals surface area contributed by atoms with E-state index < -0.39 is 0 Å². The second-order valence-electron chi connectivity index (χ2n) is 5.29. The van der Waals surface area contributed by atoms with Crippen molar-refractivity contribution >= 4 is 6.08 Å². The van der Waals surface area contributed by atoms with Crippen LogP contribution in [0.25, 0.3) is 6.08 Å². The maximum atomic E-state index is 5.76. The van der Waals surface area contributed by atoms with Crippen LogP contribution in [0.15, 0.2) is 42.7 Å². The maximum absolute atomic E-state index is 5.76. The Balaban J connectivity index is 1.40. The van der Waals surface area contributed by atoms with E-state index in [1.165, 1.54) is 23.4 Å². The molecule has 2 aromatic rings. The number of aryl methyl sites for hydroxylation is 1. The number of benzene rings is 1. The van der Waals surface area contributed by atoms with Crippen LogP contribution >= 0.6 is 0 Å². The lowest BCUT2D eigenvalue weighted by atomic mass is 9.90. The smallest absolute Gasteiger partial charge is 0.0925 e. The summed E-state index contributed by atoms with van der Waals surface area (Å²) < 4.78 is 5.76. The van der Waals surface area contributed by atoms with Gasteiger partial charge in [0.15, 0.2) is 0 Å². The summed E-state index contributed by atoms with van der Waals surface area (Å²) in [4.78, 5) is 7.58. The summed E-state index contributed by atoms with van der Waals surface area (Å²) in [5, 5.41) is 0. The number of aromatic nitrogens is 2. The Kier molecular flexibility index (Phi) is 4.28. The van der Waals surface area contributed by atoms with Crippen LogP contribution in [-0.2, 0) is 17.6 Å². The van der Waals surface area contributed by atoms with E-state index >= 15 is 0 Å². The molecule has 1 atom stereocenters. The van der Waals surface area contributed by atoms with E-state index in [1.54, 1.807) is 6.33 Å². The number of hydrogen-bond donors (Lipinski definition) is 1. The normalized spacial score (nSPS) is 18.3. The van der Waals surface area contributed by atoms with Crippen molar-refractivity contribution in [3.63, 3.8) is 0 Å². The first-order chi connectivity index (χ1) is 9.92. The number of rotatable bonds is 5. The topological polar surface area (TPSA) is 37.9 Å². The Bertz CT molecular complexity index is 559. The third kappa shape index (κ3) is 3.36. The summed E-state index contributed by atoms with van der Waals surface area (Å²) in [5.41, 5.74) is 3.75. The van der Waals surface area contributed by atoms with E-state index in [0.29, 0.717) is 12.5 Å². The van der Waals surface area contributed by atoms with Gasteiger partial charge in [-0.25, -0.2) is 4.98 Å². The fourth-order valence-electron chi connectivity index (χ4n) is 2.66. The number of nitrogens with one attached hydrogen (secondary N) is 1. The minimum atomic E-state index is 0.607. The molecule has 1 aliphatic carbocycles. The van der Waals surface area contributed by atoms with Crippen LogP contribution < -0.4 is 0 Å². The second-order valence-corrected chi connectivity index (χ2v) is 5.29. The lowest BCUT2D eigenvalue weighted by Crippen LogP contribution is -2.19. The van der Waals surface area contributed by atoms with Gasteiger partial charge in [-0.2, -0.15) is 0 Å². The predicted molar refractivity (Wildman–Crippen MR) is 80.4 cm³/mol. The van der Waals surface area contributed by atoms with Crippen molar-refractivity contribution in [2.24, 2.45) is 5.92 Å². The molecule has 3 heteroatoms. The third-order valence-electron chi connectivity index (χ3n) is 3.77. The molecule has 0 fully saturated rings. The summed E-state index contributed by atoms with van der Waals surface area (Å²) in [5.74, 6) is 0.607. The molecular formula is C17H20N2O. The number of imidazole rings is 1. The van der Waals surface area contributed by atoms with Gasteiger partial charge in [-0.15, -0.1) is 0 Å². The highest BCUT2D eigenvalue weighted by Crippen LogP contribution is 2.22. The average molecular weight is 268 g/mol. The first-order valence-corrected chi connectivity index (χ1v) is 7.22. The van der Waals surface area contributed by atoms with E-state index in [9.17, 15) is 0 Å². The molecule has 3 rings (SSSR count). The second kappa shape index (κ2) is 6.53. The Morgan fingerprint density at radius 2 is 2.20 bits per heavy atom. The summed E-state index contributed by atoms with van der Waals surface area (Å²) in [6.07, 6.45) is 9.32. The van der Waals surface area contributed by atoms with Crippen molar-refractivity contribution in [1.29, 1.82) is 0 Å². The van der Waals surface area contributed by atoms with Gasteiger partial charge in [-0.05, 0) is 30.7 Å². The zero-order valence-corrected chi connectivity index (χ0v) is 11.6. The lowest BCUT2D eigenvalue weighted by molar-refractivity contribution is 0.116. The van der Waals surface area contributed by atoms with Crippen molar-refractivity contribution in [1.82, 2.24) is 9.97 Å². The van der Waals surface area contributed by atoms with E-state index in [2.05, 4.69) is 34.3 Å². The molecule has 0 saturated heterocycles. The molecule has 104 valence electrons. The maximum Gasteiger partial charge on any atom is 0.0925 e. The van der Waals surface area contributed by atoms with Gasteiger partial charge in [-0.1, -0.05) is 42.5 Å². The minimum Gasteiger partial charge on any atom is -0.377 e. The van der Waals surface area contributed by atoms with E-state index in [4.69, 9.17) is 4.74 Å². The van der Waals surface area contributed by atoms with Crippen LogP contribution in [0.1, 0.15) is 23.4 Å². The van der Waals surface area contributed by atoms with Crippen molar-refractivity contribution in [2.75, 3.05) is 13.2 Å². The molecule has 1 heterocycles. The fourth-order valence-corrected chi connectivity index (χ4v) is 2.66. The van der Waals surface area contributed by atoms with Crippen LogP contribution in [0, 0.1) is 5.92 Å². The van der Waals surface area contributed by atoms with Gasteiger partial charge in [0.1, 0.15) is 0 Å². The Morgan fingerprint density at radius 1 is 1.30 bits per heavy atom. The van der Waals surface area contributed by atoms with Gasteiger partial charge in [0, 0.05) is 5.69 Å². The highest BCUT2D eigenvalue weighted by atomic mass is 16.5. The van der Waals surface area contributed by atoms with Crippen molar-refractivity contribution < 1.29 is 4.74 Å². The molecule has 20 heavy (non-hydrogen) atoms. The molecule has 0 amide bonds.